The molecule has 3 aliphatic rings. The minimum absolute atomic E-state index is 0.0124. The molecule has 26 heavy (non-hydrogen) atoms. The van der Waals surface area contributed by atoms with Gasteiger partial charge in [0.05, 0.1) is 24.2 Å². The molecule has 0 bridgehead atoms. The van der Waals surface area contributed by atoms with E-state index in [0.29, 0.717) is 38.2 Å². The van der Waals surface area contributed by atoms with Gasteiger partial charge in [-0.3, -0.25) is 19.7 Å². The molecule has 7 nitrogen and oxygen atoms in total. The van der Waals surface area contributed by atoms with Crippen LogP contribution >= 0.6 is 0 Å². The van der Waals surface area contributed by atoms with Crippen LogP contribution < -0.4 is 4.90 Å². The summed E-state index contributed by atoms with van der Waals surface area (Å²) in [4.78, 5) is 39.3. The molecule has 1 aromatic carbocycles. The highest BCUT2D eigenvalue weighted by Crippen LogP contribution is 2.50. The van der Waals surface area contributed by atoms with Crippen molar-refractivity contribution < 1.29 is 19.2 Å². The molecule has 1 saturated heterocycles. The van der Waals surface area contributed by atoms with E-state index in [-0.39, 0.29) is 35.1 Å². The largest absolute Gasteiger partial charge is 0.377 e. The van der Waals surface area contributed by atoms with Crippen LogP contribution in [-0.2, 0) is 20.7 Å². The Labute approximate surface area is 151 Å². The number of anilines is 1. The Morgan fingerprint density at radius 2 is 1.88 bits per heavy atom. The van der Waals surface area contributed by atoms with Crippen LogP contribution in [0.3, 0.4) is 0 Å². The number of ether oxygens (including phenoxy) is 1. The molecular formula is C19H22N2O5. The van der Waals surface area contributed by atoms with E-state index in [2.05, 4.69) is 4.90 Å². The van der Waals surface area contributed by atoms with E-state index in [1.54, 1.807) is 6.07 Å². The zero-order valence-corrected chi connectivity index (χ0v) is 15.0. The first-order valence-corrected chi connectivity index (χ1v) is 8.93. The van der Waals surface area contributed by atoms with Crippen molar-refractivity contribution in [1.29, 1.82) is 0 Å². The lowest BCUT2D eigenvalue weighted by Crippen LogP contribution is -2.66. The molecule has 7 heteroatoms. The summed E-state index contributed by atoms with van der Waals surface area (Å²) in [6.07, 6.45) is 0.906. The highest BCUT2D eigenvalue weighted by molar-refractivity contribution is 6.11. The number of morpholine rings is 1. The first-order chi connectivity index (χ1) is 12.2. The van der Waals surface area contributed by atoms with E-state index < -0.39 is 10.3 Å². The third-order valence-electron chi connectivity index (χ3n) is 6.02. The third-order valence-corrected chi connectivity index (χ3v) is 6.02. The summed E-state index contributed by atoms with van der Waals surface area (Å²) >= 11 is 0. The Bertz CT molecular complexity index is 796. The monoisotopic (exact) mass is 358 g/mol. The van der Waals surface area contributed by atoms with Crippen LogP contribution in [0.15, 0.2) is 18.2 Å². The molecule has 2 heterocycles. The Morgan fingerprint density at radius 3 is 2.54 bits per heavy atom. The third kappa shape index (κ3) is 2.37. The van der Waals surface area contributed by atoms with Crippen molar-refractivity contribution in [1.82, 2.24) is 0 Å². The number of ketones is 2. The molecule has 1 aliphatic carbocycles. The Kier molecular flexibility index (Phi) is 3.70. The molecule has 1 spiro atoms. The summed E-state index contributed by atoms with van der Waals surface area (Å²) < 4.78 is 5.64. The van der Waals surface area contributed by atoms with Gasteiger partial charge in [-0.25, -0.2) is 0 Å². The van der Waals surface area contributed by atoms with Crippen LogP contribution in [0.25, 0.3) is 0 Å². The predicted octanol–water partition coefficient (Wildman–Crippen LogP) is 2.30. The summed E-state index contributed by atoms with van der Waals surface area (Å²) in [7, 11) is 0. The number of carbonyl (C=O) groups excluding carboxylic acids is 2. The SMILES string of the molecule is CC1(C)CC(=O)C2(Cc3cc([N+](=O)[O-])ccc3N3CCOC[C@H]32)C(=O)C1. The van der Waals surface area contributed by atoms with Crippen LogP contribution in [0.2, 0.25) is 0 Å². The van der Waals surface area contributed by atoms with Gasteiger partial charge in [-0.05, 0) is 23.5 Å². The fourth-order valence-electron chi connectivity index (χ4n) is 4.80. The van der Waals surface area contributed by atoms with Gasteiger partial charge in [0.15, 0.2) is 0 Å². The predicted molar refractivity (Wildman–Crippen MR) is 94.2 cm³/mol. The smallest absolute Gasteiger partial charge is 0.269 e. The molecule has 0 radical (unpaired) electrons. The summed E-state index contributed by atoms with van der Waals surface area (Å²) in [6, 6.07) is 4.40. The maximum Gasteiger partial charge on any atom is 0.269 e. The number of hydrogen-bond acceptors (Lipinski definition) is 6. The molecule has 1 aromatic rings. The minimum Gasteiger partial charge on any atom is -0.377 e. The van der Waals surface area contributed by atoms with E-state index in [4.69, 9.17) is 4.74 Å². The van der Waals surface area contributed by atoms with Crippen LogP contribution in [-0.4, -0.2) is 42.3 Å². The number of nitro benzene ring substituents is 1. The Balaban J connectivity index is 1.86. The average Bonchev–Trinajstić information content (AvgIpc) is 2.58. The van der Waals surface area contributed by atoms with Crippen LogP contribution in [0.5, 0.6) is 0 Å². The van der Waals surface area contributed by atoms with E-state index in [0.717, 1.165) is 5.69 Å². The maximum absolute atomic E-state index is 13.2. The van der Waals surface area contributed by atoms with Gasteiger partial charge >= 0.3 is 0 Å². The van der Waals surface area contributed by atoms with Gasteiger partial charge < -0.3 is 9.64 Å². The average molecular weight is 358 g/mol. The Morgan fingerprint density at radius 1 is 1.19 bits per heavy atom. The van der Waals surface area contributed by atoms with Gasteiger partial charge in [-0.1, -0.05) is 13.8 Å². The first-order valence-electron chi connectivity index (χ1n) is 8.93. The van der Waals surface area contributed by atoms with Crippen molar-refractivity contribution in [2.45, 2.75) is 39.2 Å². The zero-order valence-electron chi connectivity index (χ0n) is 15.0. The molecule has 2 aliphatic heterocycles. The second-order valence-electron chi connectivity index (χ2n) is 8.37. The van der Waals surface area contributed by atoms with Crippen molar-refractivity contribution in [3.8, 4) is 0 Å². The molecule has 138 valence electrons. The van der Waals surface area contributed by atoms with E-state index in [1.165, 1.54) is 12.1 Å². The van der Waals surface area contributed by atoms with Gasteiger partial charge in [-0.2, -0.15) is 0 Å². The lowest BCUT2D eigenvalue weighted by atomic mass is 9.56. The summed E-state index contributed by atoms with van der Waals surface area (Å²) in [5, 5.41) is 11.2. The number of fused-ring (bicyclic) bond motifs is 4. The first kappa shape index (κ1) is 17.1. The molecule has 0 aromatic heterocycles. The van der Waals surface area contributed by atoms with Crippen molar-refractivity contribution in [3.63, 3.8) is 0 Å². The fourth-order valence-corrected chi connectivity index (χ4v) is 4.80. The highest BCUT2D eigenvalue weighted by Gasteiger charge is 2.60. The van der Waals surface area contributed by atoms with Gasteiger partial charge in [0.1, 0.15) is 17.0 Å². The Hall–Kier alpha value is -2.28. The normalized spacial score (nSPS) is 26.4. The van der Waals surface area contributed by atoms with Gasteiger partial charge in [0.25, 0.3) is 5.69 Å². The number of rotatable bonds is 1. The van der Waals surface area contributed by atoms with E-state index in [1.807, 2.05) is 13.8 Å². The molecule has 0 unspecified atom stereocenters. The van der Waals surface area contributed by atoms with Gasteiger partial charge in [0, 0.05) is 37.2 Å². The number of carbonyl (C=O) groups is 2. The van der Waals surface area contributed by atoms with Crippen molar-refractivity contribution in [2.75, 3.05) is 24.7 Å². The van der Waals surface area contributed by atoms with Crippen LogP contribution in [0.1, 0.15) is 32.3 Å². The molecule has 4 rings (SSSR count). The maximum atomic E-state index is 13.2. The minimum atomic E-state index is -1.15. The second kappa shape index (κ2) is 5.61. The number of benzene rings is 1. The summed E-state index contributed by atoms with van der Waals surface area (Å²) in [5.74, 6) is -0.118. The second-order valence-corrected chi connectivity index (χ2v) is 8.37. The number of non-ortho nitro benzene ring substituents is 1. The molecule has 0 amide bonds. The van der Waals surface area contributed by atoms with Crippen molar-refractivity contribution in [2.24, 2.45) is 10.8 Å². The van der Waals surface area contributed by atoms with E-state index >= 15 is 0 Å². The lowest BCUT2D eigenvalue weighted by Gasteiger charge is -2.54. The lowest BCUT2D eigenvalue weighted by molar-refractivity contribution is -0.384. The number of Topliss-reactive ketones (excluding diaryl/α,β-unsaturated/α-hetero) is 2. The van der Waals surface area contributed by atoms with Crippen molar-refractivity contribution in [3.05, 3.63) is 33.9 Å². The highest BCUT2D eigenvalue weighted by atomic mass is 16.6. The number of nitro groups is 1. The standard InChI is InChI=1S/C19H22N2O5/c1-18(2)9-16(22)19(17(23)10-18)8-12-7-13(21(24)25)3-4-14(12)20-5-6-26-11-15(19)20/h3-4,7,15H,5-6,8-11H2,1-2H3/t15-/m0/s1. The molecule has 1 atom stereocenters. The molecule has 2 fully saturated rings. The van der Waals surface area contributed by atoms with E-state index in [9.17, 15) is 19.7 Å². The zero-order chi connectivity index (χ0) is 18.7. The van der Waals surface area contributed by atoms with Gasteiger partial charge in [-0.15, -0.1) is 0 Å². The molecular weight excluding hydrogens is 336 g/mol. The van der Waals surface area contributed by atoms with Crippen LogP contribution in [0, 0.1) is 20.9 Å². The molecule has 0 N–H and O–H groups in total. The number of hydrogen-bond donors (Lipinski definition) is 0. The molecule has 1 saturated carbocycles. The van der Waals surface area contributed by atoms with Gasteiger partial charge in [0.2, 0.25) is 0 Å². The summed E-state index contributed by atoms with van der Waals surface area (Å²) in [6.45, 7) is 5.28. The van der Waals surface area contributed by atoms with Crippen LogP contribution in [0.4, 0.5) is 11.4 Å². The van der Waals surface area contributed by atoms with Crippen molar-refractivity contribution >= 4 is 22.9 Å². The summed E-state index contributed by atoms with van der Waals surface area (Å²) in [5.41, 5.74) is 0.0707. The topological polar surface area (TPSA) is 89.8 Å². The quantitative estimate of drug-likeness (QED) is 0.435. The number of nitrogens with zero attached hydrogens (tertiary/aromatic N) is 2. The fraction of sp³-hybridized carbons (Fsp3) is 0.579.